The second-order valence-electron chi connectivity index (χ2n) is 9.33. The van der Waals surface area contributed by atoms with E-state index in [4.69, 9.17) is 16.2 Å². The largest absolute Gasteiger partial charge is 0.494 e. The molecule has 0 amide bonds. The average Bonchev–Trinajstić information content (AvgIpc) is 3.33. The molecule has 1 fully saturated rings. The van der Waals surface area contributed by atoms with E-state index in [1.54, 1.807) is 9.47 Å². The number of ether oxygens (including phenoxy) is 1. The second-order valence-corrected chi connectivity index (χ2v) is 9.33. The number of piperidine rings is 1. The summed E-state index contributed by atoms with van der Waals surface area (Å²) in [6.07, 6.45) is -0.335. The maximum absolute atomic E-state index is 14.9. The van der Waals surface area contributed by atoms with Crippen molar-refractivity contribution >= 4 is 22.7 Å². The number of hydrogen-bond donors (Lipinski definition) is 3. The SMILES string of the molecule is COc1cc(F)c(-c2ncc(N3CCC[C@](N)([C@H](O)C(F)F)C3)c(Cn3cnc4c(N)ncnc43)n2)cc1F. The first-order valence-corrected chi connectivity index (χ1v) is 11.9. The number of aliphatic hydroxyl groups excluding tert-OH is 1. The Kier molecular flexibility index (Phi) is 6.94. The van der Waals surface area contributed by atoms with Crippen molar-refractivity contribution in [2.45, 2.75) is 37.5 Å². The summed E-state index contributed by atoms with van der Waals surface area (Å²) in [5, 5.41) is 10.1. The van der Waals surface area contributed by atoms with Crippen LogP contribution in [0.25, 0.3) is 22.6 Å². The van der Waals surface area contributed by atoms with Gasteiger partial charge in [-0.1, -0.05) is 0 Å². The van der Waals surface area contributed by atoms with E-state index in [9.17, 15) is 22.7 Å². The van der Waals surface area contributed by atoms with Gasteiger partial charge in [0.1, 0.15) is 23.8 Å². The first-order valence-electron chi connectivity index (χ1n) is 11.9. The van der Waals surface area contributed by atoms with Gasteiger partial charge in [0, 0.05) is 19.2 Å². The molecule has 15 heteroatoms. The fourth-order valence-electron chi connectivity index (χ4n) is 4.76. The molecule has 206 valence electrons. The molecule has 5 rings (SSSR count). The number of anilines is 2. The molecule has 0 spiro atoms. The van der Waals surface area contributed by atoms with E-state index in [0.717, 1.165) is 12.1 Å². The van der Waals surface area contributed by atoms with Crippen LogP contribution >= 0.6 is 0 Å². The standard InChI is InChI=1S/C24H25F4N9O2/c1-39-17-6-13(25)12(5-14(17)26)22-31-7-16(36-4-2-3-24(30,9-36)19(38)20(27)28)15(35-22)8-37-11-34-18-21(29)32-10-33-23(18)37/h5-7,10-11,19-20,38H,2-4,8-9,30H2,1H3,(H2,29,32,33)/t19-,24-/m1/s1. The number of halogens is 4. The average molecular weight is 548 g/mol. The van der Waals surface area contributed by atoms with E-state index in [2.05, 4.69) is 24.9 Å². The van der Waals surface area contributed by atoms with Crippen molar-refractivity contribution in [2.24, 2.45) is 5.73 Å². The molecule has 4 aromatic rings. The lowest BCUT2D eigenvalue weighted by molar-refractivity contribution is -0.0529. The Bertz CT molecular complexity index is 1520. The minimum Gasteiger partial charge on any atom is -0.494 e. The van der Waals surface area contributed by atoms with Crippen LogP contribution in [0.5, 0.6) is 5.75 Å². The zero-order valence-electron chi connectivity index (χ0n) is 20.7. The maximum Gasteiger partial charge on any atom is 0.265 e. The molecule has 1 aliphatic heterocycles. The fourth-order valence-corrected chi connectivity index (χ4v) is 4.76. The molecule has 1 aliphatic rings. The van der Waals surface area contributed by atoms with Crippen LogP contribution in [0.15, 0.2) is 31.0 Å². The number of rotatable bonds is 7. The molecule has 11 nitrogen and oxygen atoms in total. The van der Waals surface area contributed by atoms with Gasteiger partial charge >= 0.3 is 0 Å². The molecule has 0 saturated carbocycles. The number of hydrogen-bond acceptors (Lipinski definition) is 10. The van der Waals surface area contributed by atoms with Gasteiger partial charge in [0.25, 0.3) is 6.43 Å². The molecule has 39 heavy (non-hydrogen) atoms. The van der Waals surface area contributed by atoms with Crippen LogP contribution in [0.2, 0.25) is 0 Å². The Morgan fingerprint density at radius 2 is 1.95 bits per heavy atom. The third-order valence-corrected chi connectivity index (χ3v) is 6.80. The summed E-state index contributed by atoms with van der Waals surface area (Å²) < 4.78 is 62.6. The van der Waals surface area contributed by atoms with E-state index >= 15 is 0 Å². The third kappa shape index (κ3) is 4.90. The summed E-state index contributed by atoms with van der Waals surface area (Å²) in [6, 6.07) is 1.82. The van der Waals surface area contributed by atoms with Gasteiger partial charge in [0.05, 0.1) is 48.7 Å². The van der Waals surface area contributed by atoms with Crippen molar-refractivity contribution in [2.75, 3.05) is 30.8 Å². The molecule has 3 aromatic heterocycles. The van der Waals surface area contributed by atoms with Gasteiger partial charge in [-0.05, 0) is 18.9 Å². The minimum atomic E-state index is -3.02. The maximum atomic E-state index is 14.9. The number of nitrogens with two attached hydrogens (primary N) is 2. The van der Waals surface area contributed by atoms with Crippen molar-refractivity contribution in [3.05, 3.63) is 48.3 Å². The Hall–Kier alpha value is -4.11. The number of methoxy groups -OCH3 is 1. The number of aliphatic hydroxyl groups is 1. The predicted molar refractivity (Wildman–Crippen MR) is 133 cm³/mol. The lowest BCUT2D eigenvalue weighted by Crippen LogP contribution is -2.63. The van der Waals surface area contributed by atoms with Crippen LogP contribution in [0.3, 0.4) is 0 Å². The van der Waals surface area contributed by atoms with Crippen molar-refractivity contribution in [3.8, 4) is 17.1 Å². The molecule has 1 aromatic carbocycles. The number of alkyl halides is 2. The Morgan fingerprint density at radius 3 is 2.69 bits per heavy atom. The highest BCUT2D eigenvalue weighted by molar-refractivity contribution is 5.81. The van der Waals surface area contributed by atoms with Gasteiger partial charge in [-0.15, -0.1) is 0 Å². The molecule has 0 aliphatic carbocycles. The molecule has 0 radical (unpaired) electrons. The van der Waals surface area contributed by atoms with Crippen LogP contribution in [-0.4, -0.2) is 72.9 Å². The normalized spacial score (nSPS) is 18.6. The second kappa shape index (κ2) is 10.2. The highest BCUT2D eigenvalue weighted by Crippen LogP contribution is 2.33. The molecule has 1 saturated heterocycles. The van der Waals surface area contributed by atoms with Crippen molar-refractivity contribution < 1.29 is 27.4 Å². The van der Waals surface area contributed by atoms with Crippen molar-refractivity contribution in [1.29, 1.82) is 0 Å². The Balaban J connectivity index is 1.60. The zero-order valence-corrected chi connectivity index (χ0v) is 20.7. The first-order chi connectivity index (χ1) is 18.6. The summed E-state index contributed by atoms with van der Waals surface area (Å²) in [4.78, 5) is 22.9. The van der Waals surface area contributed by atoms with E-state index < -0.39 is 29.7 Å². The molecule has 0 unspecified atom stereocenters. The molecule has 4 heterocycles. The van der Waals surface area contributed by atoms with Crippen molar-refractivity contribution in [3.63, 3.8) is 0 Å². The number of benzene rings is 1. The van der Waals surface area contributed by atoms with Crippen LogP contribution in [-0.2, 0) is 6.54 Å². The smallest absolute Gasteiger partial charge is 0.265 e. The number of fused-ring (bicyclic) bond motifs is 1. The summed E-state index contributed by atoms with van der Waals surface area (Å²) in [5.74, 6) is -1.83. The Morgan fingerprint density at radius 1 is 1.15 bits per heavy atom. The molecule has 2 atom stereocenters. The minimum absolute atomic E-state index is 0.0313. The highest BCUT2D eigenvalue weighted by atomic mass is 19.3. The number of aromatic nitrogens is 6. The first kappa shape index (κ1) is 26.5. The van der Waals surface area contributed by atoms with E-state index in [1.165, 1.54) is 26.0 Å². The van der Waals surface area contributed by atoms with Crippen LogP contribution < -0.4 is 21.1 Å². The van der Waals surface area contributed by atoms with Gasteiger partial charge < -0.3 is 30.8 Å². The van der Waals surface area contributed by atoms with Crippen LogP contribution in [0.1, 0.15) is 18.5 Å². The zero-order chi connectivity index (χ0) is 27.9. The monoisotopic (exact) mass is 547 g/mol. The lowest BCUT2D eigenvalue weighted by atomic mass is 9.84. The van der Waals surface area contributed by atoms with Crippen molar-refractivity contribution in [1.82, 2.24) is 29.5 Å². The van der Waals surface area contributed by atoms with Gasteiger partial charge in [0.15, 0.2) is 28.9 Å². The van der Waals surface area contributed by atoms with E-state index in [-0.39, 0.29) is 42.5 Å². The number of nitrogen functional groups attached to an aromatic ring is 1. The van der Waals surface area contributed by atoms with E-state index in [0.29, 0.717) is 35.5 Å². The number of imidazole rings is 1. The van der Waals surface area contributed by atoms with E-state index in [1.807, 2.05) is 0 Å². The van der Waals surface area contributed by atoms with Crippen LogP contribution in [0.4, 0.5) is 29.1 Å². The summed E-state index contributed by atoms with van der Waals surface area (Å²) >= 11 is 0. The lowest BCUT2D eigenvalue weighted by Gasteiger charge is -2.43. The van der Waals surface area contributed by atoms with Crippen LogP contribution in [0, 0.1) is 11.6 Å². The number of nitrogens with zero attached hydrogens (tertiary/aromatic N) is 7. The molecule has 5 N–H and O–H groups in total. The van der Waals surface area contributed by atoms with Gasteiger partial charge in [0.2, 0.25) is 0 Å². The van der Waals surface area contributed by atoms with Gasteiger partial charge in [-0.2, -0.15) is 0 Å². The quantitative estimate of drug-likeness (QED) is 0.293. The third-order valence-electron chi connectivity index (χ3n) is 6.80. The predicted octanol–water partition coefficient (Wildman–Crippen LogP) is 2.12. The highest BCUT2D eigenvalue weighted by Gasteiger charge is 2.43. The summed E-state index contributed by atoms with van der Waals surface area (Å²) in [6.45, 7) is 0.332. The topological polar surface area (TPSA) is 154 Å². The summed E-state index contributed by atoms with van der Waals surface area (Å²) in [5.41, 5.74) is 11.8. The summed E-state index contributed by atoms with van der Waals surface area (Å²) in [7, 11) is 1.22. The molecular formula is C24H25F4N9O2. The fraction of sp³-hybridized carbons (Fsp3) is 0.375. The Labute approximate surface area is 219 Å². The molecule has 0 bridgehead atoms. The molecular weight excluding hydrogens is 522 g/mol. The van der Waals surface area contributed by atoms with Gasteiger partial charge in [-0.3, -0.25) is 0 Å². The van der Waals surface area contributed by atoms with Gasteiger partial charge in [-0.25, -0.2) is 42.5 Å².